The maximum atomic E-state index is 12.8. The average molecular weight is 282 g/mol. The monoisotopic (exact) mass is 282 g/mol. The van der Waals surface area contributed by atoms with Crippen LogP contribution in [-0.2, 0) is 0 Å². The van der Waals surface area contributed by atoms with Crippen molar-refractivity contribution in [1.82, 2.24) is 14.9 Å². The summed E-state index contributed by atoms with van der Waals surface area (Å²) in [5.74, 6) is 7.36. The molecule has 2 aliphatic carbocycles. The van der Waals surface area contributed by atoms with E-state index in [2.05, 4.69) is 28.4 Å². The average Bonchev–Trinajstić information content (AvgIpc) is 3.36. The van der Waals surface area contributed by atoms with Gasteiger partial charge in [-0.2, -0.15) is 0 Å². The van der Waals surface area contributed by atoms with E-state index in [4.69, 9.17) is 0 Å². The number of amides is 2. The van der Waals surface area contributed by atoms with Crippen LogP contribution < -0.4 is 4.90 Å². The van der Waals surface area contributed by atoms with E-state index in [0.29, 0.717) is 23.7 Å². The number of hydrogen-bond acceptors (Lipinski definition) is 2. The summed E-state index contributed by atoms with van der Waals surface area (Å²) in [6.07, 6.45) is 5.02. The van der Waals surface area contributed by atoms with E-state index < -0.39 is 0 Å². The summed E-state index contributed by atoms with van der Waals surface area (Å²) >= 11 is 0. The highest BCUT2D eigenvalue weighted by Gasteiger charge is 2.47. The van der Waals surface area contributed by atoms with Crippen LogP contribution in [0.15, 0.2) is 6.58 Å². The number of imidazole rings is 1. The Morgan fingerprint density at radius 2 is 1.95 bits per heavy atom. The van der Waals surface area contributed by atoms with Gasteiger partial charge in [-0.1, -0.05) is 19.4 Å². The van der Waals surface area contributed by atoms with E-state index in [9.17, 15) is 4.79 Å². The zero-order valence-corrected chi connectivity index (χ0v) is 12.1. The molecule has 0 bridgehead atoms. The van der Waals surface area contributed by atoms with Crippen molar-refractivity contribution >= 4 is 17.5 Å². The van der Waals surface area contributed by atoms with E-state index in [1.807, 2.05) is 16.7 Å². The third kappa shape index (κ3) is 1.94. The molecular formula is C16H18N4O. The Bertz CT molecular complexity index is 685. The summed E-state index contributed by atoms with van der Waals surface area (Å²) in [7, 11) is 0. The fourth-order valence-electron chi connectivity index (χ4n) is 2.78. The predicted molar refractivity (Wildman–Crippen MR) is 80.5 cm³/mol. The number of aromatic nitrogens is 2. The van der Waals surface area contributed by atoms with Crippen LogP contribution in [-0.4, -0.2) is 33.0 Å². The molecule has 0 spiro atoms. The number of hydrogen-bond donors (Lipinski definition) is 1. The lowest BCUT2D eigenvalue weighted by Gasteiger charge is -2.35. The highest BCUT2D eigenvalue weighted by molar-refractivity contribution is 6.04. The van der Waals surface area contributed by atoms with Gasteiger partial charge in [0.2, 0.25) is 0 Å². The van der Waals surface area contributed by atoms with Crippen molar-refractivity contribution in [3.8, 4) is 11.8 Å². The fraction of sp³-hybridized carbons (Fsp3) is 0.500. The second-order valence-electron chi connectivity index (χ2n) is 5.87. The first-order chi connectivity index (χ1) is 10.2. The van der Waals surface area contributed by atoms with E-state index in [1.165, 1.54) is 0 Å². The van der Waals surface area contributed by atoms with Crippen LogP contribution in [0.25, 0.3) is 5.70 Å². The molecule has 2 fully saturated rings. The van der Waals surface area contributed by atoms with Crippen LogP contribution in [0.3, 0.4) is 0 Å². The second kappa shape index (κ2) is 4.39. The summed E-state index contributed by atoms with van der Waals surface area (Å²) in [4.78, 5) is 24.3. The molecule has 1 aromatic heterocycles. The molecule has 2 saturated carbocycles. The number of nitrogens with zero attached hydrogens (tertiary/aromatic N) is 3. The molecule has 0 saturated heterocycles. The van der Waals surface area contributed by atoms with Gasteiger partial charge in [-0.05, 0) is 31.6 Å². The van der Waals surface area contributed by atoms with Crippen LogP contribution in [0, 0.1) is 11.8 Å². The third-order valence-electron chi connectivity index (χ3n) is 4.11. The van der Waals surface area contributed by atoms with Gasteiger partial charge < -0.3 is 4.98 Å². The molecule has 0 atom stereocenters. The van der Waals surface area contributed by atoms with Gasteiger partial charge in [-0.3, -0.25) is 9.80 Å². The van der Waals surface area contributed by atoms with E-state index in [0.717, 1.165) is 43.5 Å². The first-order valence-electron chi connectivity index (χ1n) is 7.61. The molecule has 0 radical (unpaired) electrons. The zero-order chi connectivity index (χ0) is 14.6. The van der Waals surface area contributed by atoms with Gasteiger partial charge in [0, 0.05) is 18.5 Å². The lowest BCUT2D eigenvalue weighted by Crippen LogP contribution is -2.48. The van der Waals surface area contributed by atoms with Crippen molar-refractivity contribution in [3.63, 3.8) is 0 Å². The van der Waals surface area contributed by atoms with Gasteiger partial charge in [0.25, 0.3) is 0 Å². The summed E-state index contributed by atoms with van der Waals surface area (Å²) < 4.78 is 0. The van der Waals surface area contributed by atoms with Crippen molar-refractivity contribution < 1.29 is 4.79 Å². The first kappa shape index (κ1) is 12.5. The topological polar surface area (TPSA) is 52.2 Å². The van der Waals surface area contributed by atoms with Gasteiger partial charge >= 0.3 is 6.03 Å². The standard InChI is InChI=1S/C16H18N4O/c1-3-4-5-13-17-14-10(2)19(11-6-7-11)16(21)20(12-8-9-12)15(14)18-13/h11-12H,2-3,6-9H2,1H3,(H,17,18). The fourth-order valence-corrected chi connectivity index (χ4v) is 2.78. The van der Waals surface area contributed by atoms with Crippen LogP contribution in [0.5, 0.6) is 0 Å². The number of anilines is 1. The van der Waals surface area contributed by atoms with Gasteiger partial charge in [0.1, 0.15) is 5.69 Å². The highest BCUT2D eigenvalue weighted by Crippen LogP contribution is 2.44. The van der Waals surface area contributed by atoms with Crippen LogP contribution in [0.4, 0.5) is 10.6 Å². The molecule has 108 valence electrons. The molecule has 5 nitrogen and oxygen atoms in total. The molecule has 1 aromatic rings. The van der Waals surface area contributed by atoms with Crippen LogP contribution >= 0.6 is 0 Å². The molecule has 0 aromatic carbocycles. The number of nitrogens with one attached hydrogen (secondary N) is 1. The van der Waals surface area contributed by atoms with Crippen molar-refractivity contribution in [1.29, 1.82) is 0 Å². The molecule has 2 heterocycles. The molecule has 2 amide bonds. The second-order valence-corrected chi connectivity index (χ2v) is 5.87. The number of rotatable bonds is 2. The SMILES string of the molecule is C=C1c2[nH]c(C#CCC)nc2N(C2CC2)C(=O)N1C1CC1. The lowest BCUT2D eigenvalue weighted by atomic mass is 10.2. The lowest BCUT2D eigenvalue weighted by molar-refractivity contribution is 0.221. The molecule has 1 N–H and O–H groups in total. The summed E-state index contributed by atoms with van der Waals surface area (Å²) in [5.41, 5.74) is 1.60. The molecule has 21 heavy (non-hydrogen) atoms. The van der Waals surface area contributed by atoms with Crippen molar-refractivity contribution in [2.24, 2.45) is 0 Å². The van der Waals surface area contributed by atoms with E-state index >= 15 is 0 Å². The number of carbonyl (C=O) groups excluding carboxylic acids is 1. The Morgan fingerprint density at radius 1 is 1.29 bits per heavy atom. The number of fused-ring (bicyclic) bond motifs is 1. The molecule has 3 aliphatic rings. The molecule has 5 heteroatoms. The minimum atomic E-state index is 0.0407. The number of urea groups is 1. The smallest absolute Gasteiger partial charge is 0.328 e. The number of H-pyrrole nitrogens is 1. The zero-order valence-electron chi connectivity index (χ0n) is 12.1. The van der Waals surface area contributed by atoms with Crippen molar-refractivity contribution in [3.05, 3.63) is 18.1 Å². The Morgan fingerprint density at radius 3 is 2.57 bits per heavy atom. The first-order valence-corrected chi connectivity index (χ1v) is 7.61. The Labute approximate surface area is 124 Å². The molecule has 4 rings (SSSR count). The number of carbonyl (C=O) groups is 1. The summed E-state index contributed by atoms with van der Waals surface area (Å²) in [5, 5.41) is 0. The normalized spacial score (nSPS) is 21.2. The van der Waals surface area contributed by atoms with E-state index in [-0.39, 0.29) is 6.03 Å². The van der Waals surface area contributed by atoms with Crippen molar-refractivity contribution in [2.75, 3.05) is 4.90 Å². The third-order valence-corrected chi connectivity index (χ3v) is 4.11. The molecule has 0 unspecified atom stereocenters. The minimum Gasteiger partial charge on any atom is -0.328 e. The molecule has 1 aliphatic heterocycles. The minimum absolute atomic E-state index is 0.0407. The van der Waals surface area contributed by atoms with Gasteiger partial charge in [0.05, 0.1) is 5.70 Å². The van der Waals surface area contributed by atoms with E-state index in [1.54, 1.807) is 0 Å². The van der Waals surface area contributed by atoms with Crippen LogP contribution in [0.1, 0.15) is 50.5 Å². The number of aromatic amines is 1. The van der Waals surface area contributed by atoms with Crippen LogP contribution in [0.2, 0.25) is 0 Å². The quantitative estimate of drug-likeness (QED) is 0.848. The predicted octanol–water partition coefficient (Wildman–Crippen LogP) is 2.71. The maximum absolute atomic E-state index is 12.8. The maximum Gasteiger partial charge on any atom is 0.330 e. The Kier molecular flexibility index (Phi) is 2.61. The Balaban J connectivity index is 1.79. The Hall–Kier alpha value is -2.22. The van der Waals surface area contributed by atoms with Crippen molar-refractivity contribution in [2.45, 2.75) is 51.1 Å². The van der Waals surface area contributed by atoms with Gasteiger partial charge in [-0.15, -0.1) is 0 Å². The summed E-state index contributed by atoms with van der Waals surface area (Å²) in [6.45, 7) is 6.12. The van der Waals surface area contributed by atoms with Gasteiger partial charge in [-0.25, -0.2) is 9.78 Å². The molecular weight excluding hydrogens is 264 g/mol. The highest BCUT2D eigenvalue weighted by atomic mass is 16.2. The summed E-state index contributed by atoms with van der Waals surface area (Å²) in [6, 6.07) is 0.646. The largest absolute Gasteiger partial charge is 0.330 e. The van der Waals surface area contributed by atoms with Gasteiger partial charge in [0.15, 0.2) is 11.6 Å².